The molecule has 36 heavy (non-hydrogen) atoms. The number of nitrogens with zero attached hydrogens (tertiary/aromatic N) is 2. The highest BCUT2D eigenvalue weighted by Crippen LogP contribution is 2.45. The lowest BCUT2D eigenvalue weighted by atomic mass is 10.0. The van der Waals surface area contributed by atoms with Crippen LogP contribution in [0, 0.1) is 0 Å². The summed E-state index contributed by atoms with van der Waals surface area (Å²) in [4.78, 5) is 40.8. The Morgan fingerprint density at radius 1 is 1.11 bits per heavy atom. The molecule has 2 aromatic rings. The Balaban J connectivity index is 1.51. The van der Waals surface area contributed by atoms with E-state index < -0.39 is 18.1 Å². The number of thioether (sulfide) groups is 2. The van der Waals surface area contributed by atoms with Crippen LogP contribution < -0.4 is 11.2 Å². The highest BCUT2D eigenvalue weighted by molar-refractivity contribution is 8.03. The van der Waals surface area contributed by atoms with Crippen molar-refractivity contribution in [3.63, 3.8) is 0 Å². The average molecular weight is 523 g/mol. The molecule has 3 heterocycles. The summed E-state index contributed by atoms with van der Waals surface area (Å²) in [5.74, 6) is 0.0309. The van der Waals surface area contributed by atoms with Gasteiger partial charge < -0.3 is 10.5 Å². The molecule has 1 fully saturated rings. The predicted octanol–water partition coefficient (Wildman–Crippen LogP) is 3.10. The number of amides is 2. The Labute approximate surface area is 217 Å². The highest BCUT2D eigenvalue weighted by atomic mass is 32.2. The zero-order valence-corrected chi connectivity index (χ0v) is 21.3. The van der Waals surface area contributed by atoms with E-state index in [2.05, 4.69) is 5.43 Å². The Bertz CT molecular complexity index is 1200. The number of hydrogen-bond acceptors (Lipinski definition) is 8. The van der Waals surface area contributed by atoms with Crippen LogP contribution in [0.15, 0.2) is 83.0 Å². The molecule has 3 N–H and O–H groups in total. The molecule has 2 atom stereocenters. The van der Waals surface area contributed by atoms with Crippen LogP contribution in [0.5, 0.6) is 0 Å². The first kappa shape index (κ1) is 24.5. The number of esters is 1. The van der Waals surface area contributed by atoms with Crippen LogP contribution in [-0.2, 0) is 19.1 Å². The second-order valence-electron chi connectivity index (χ2n) is 8.49. The molecule has 2 aromatic carbocycles. The fourth-order valence-electron chi connectivity index (χ4n) is 4.26. The molecule has 3 aliphatic heterocycles. The van der Waals surface area contributed by atoms with Crippen LogP contribution in [0.1, 0.15) is 30.6 Å². The lowest BCUT2D eigenvalue weighted by molar-refractivity contribution is -0.153. The molecule has 0 saturated carbocycles. The number of hydrogen-bond donors (Lipinski definition) is 2. The monoisotopic (exact) mass is 522 g/mol. The third-order valence-corrected chi connectivity index (χ3v) is 8.52. The number of ether oxygens (including phenoxy) is 1. The molecule has 2 unspecified atom stereocenters. The van der Waals surface area contributed by atoms with Crippen LogP contribution in [0.4, 0.5) is 0 Å². The predicted molar refractivity (Wildman–Crippen MR) is 140 cm³/mol. The smallest absolute Gasteiger partial charge is 0.356 e. The SMILES string of the molecule is CCC(=O)NN1C=C(C2=C(C(=O)OC(c3ccccc3)c3ccccc3)N3C(=O)C(N)C3SC2)SC1. The van der Waals surface area contributed by atoms with Crippen LogP contribution in [0.2, 0.25) is 0 Å². The summed E-state index contributed by atoms with van der Waals surface area (Å²) < 4.78 is 6.14. The van der Waals surface area contributed by atoms with Crippen molar-refractivity contribution in [1.82, 2.24) is 15.3 Å². The largest absolute Gasteiger partial charge is 0.448 e. The van der Waals surface area contributed by atoms with Crippen molar-refractivity contribution in [3.05, 3.63) is 94.2 Å². The van der Waals surface area contributed by atoms with Crippen molar-refractivity contribution < 1.29 is 19.1 Å². The van der Waals surface area contributed by atoms with Gasteiger partial charge in [-0.2, -0.15) is 0 Å². The minimum Gasteiger partial charge on any atom is -0.448 e. The van der Waals surface area contributed by atoms with E-state index in [1.165, 1.54) is 28.4 Å². The van der Waals surface area contributed by atoms with Gasteiger partial charge in [-0.15, -0.1) is 23.5 Å². The van der Waals surface area contributed by atoms with E-state index in [-0.39, 0.29) is 22.9 Å². The molecular formula is C26H26N4O4S2. The third kappa shape index (κ3) is 4.63. The summed E-state index contributed by atoms with van der Waals surface area (Å²) in [7, 11) is 0. The van der Waals surface area contributed by atoms with Gasteiger partial charge in [0.15, 0.2) is 6.10 Å². The first-order valence-corrected chi connectivity index (χ1v) is 13.7. The summed E-state index contributed by atoms with van der Waals surface area (Å²) in [5, 5.41) is 1.39. The van der Waals surface area contributed by atoms with Gasteiger partial charge in [0.05, 0.1) is 5.88 Å². The maximum absolute atomic E-state index is 13.8. The van der Waals surface area contributed by atoms with E-state index in [0.717, 1.165) is 16.0 Å². The normalized spacial score (nSPS) is 21.2. The zero-order valence-electron chi connectivity index (χ0n) is 19.6. The minimum absolute atomic E-state index is 0.0998. The van der Waals surface area contributed by atoms with Gasteiger partial charge in [0.2, 0.25) is 11.8 Å². The zero-order chi connectivity index (χ0) is 25.2. The van der Waals surface area contributed by atoms with Crippen molar-refractivity contribution >= 4 is 41.3 Å². The summed E-state index contributed by atoms with van der Waals surface area (Å²) in [5.41, 5.74) is 11.5. The molecule has 3 aliphatic rings. The Morgan fingerprint density at radius 3 is 2.36 bits per heavy atom. The van der Waals surface area contributed by atoms with Crippen LogP contribution >= 0.6 is 23.5 Å². The Kier molecular flexibility index (Phi) is 7.08. The fourth-order valence-corrected chi connectivity index (χ4v) is 6.63. The van der Waals surface area contributed by atoms with Gasteiger partial charge in [0.25, 0.3) is 0 Å². The van der Waals surface area contributed by atoms with E-state index >= 15 is 0 Å². The number of carbonyl (C=O) groups excluding carboxylic acids is 3. The fraction of sp³-hybridized carbons (Fsp3) is 0.269. The molecule has 0 radical (unpaired) electrons. The molecule has 8 nitrogen and oxygen atoms in total. The van der Waals surface area contributed by atoms with Gasteiger partial charge in [-0.25, -0.2) is 4.79 Å². The molecule has 0 bridgehead atoms. The number of hydrazine groups is 1. The Morgan fingerprint density at radius 2 is 1.75 bits per heavy atom. The van der Waals surface area contributed by atoms with Crippen LogP contribution in [0.3, 0.4) is 0 Å². The maximum Gasteiger partial charge on any atom is 0.356 e. The van der Waals surface area contributed by atoms with Gasteiger partial charge in [-0.1, -0.05) is 67.6 Å². The van der Waals surface area contributed by atoms with E-state index in [4.69, 9.17) is 10.5 Å². The highest BCUT2D eigenvalue weighted by Gasteiger charge is 2.53. The number of nitrogens with two attached hydrogens (primary N) is 1. The van der Waals surface area contributed by atoms with Crippen molar-refractivity contribution in [2.24, 2.45) is 5.73 Å². The molecule has 10 heteroatoms. The van der Waals surface area contributed by atoms with Crippen LogP contribution in [0.25, 0.3) is 0 Å². The molecule has 1 saturated heterocycles. The number of benzene rings is 2. The molecular weight excluding hydrogens is 496 g/mol. The van der Waals surface area contributed by atoms with Gasteiger partial charge >= 0.3 is 5.97 Å². The maximum atomic E-state index is 13.8. The minimum atomic E-state index is -0.649. The van der Waals surface area contributed by atoms with Crippen LogP contribution in [-0.4, -0.2) is 50.7 Å². The van der Waals surface area contributed by atoms with E-state index in [1.807, 2.05) is 60.7 Å². The van der Waals surface area contributed by atoms with Crippen molar-refractivity contribution in [1.29, 1.82) is 0 Å². The number of fused-ring (bicyclic) bond motifs is 1. The number of rotatable bonds is 7. The summed E-state index contributed by atoms with van der Waals surface area (Å²) in [6.45, 7) is 1.78. The van der Waals surface area contributed by atoms with Gasteiger partial charge in [-0.05, 0) is 11.1 Å². The second-order valence-corrected chi connectivity index (χ2v) is 10.6. The topological polar surface area (TPSA) is 105 Å². The average Bonchev–Trinajstić information content (AvgIpc) is 3.39. The first-order valence-electron chi connectivity index (χ1n) is 11.6. The van der Waals surface area contributed by atoms with E-state index in [1.54, 1.807) is 18.1 Å². The first-order chi connectivity index (χ1) is 17.5. The molecule has 2 amide bonds. The van der Waals surface area contributed by atoms with Crippen molar-refractivity contribution in [2.75, 3.05) is 11.6 Å². The second kappa shape index (κ2) is 10.4. The molecule has 5 rings (SSSR count). The number of allylic oxidation sites excluding steroid dienone is 1. The molecule has 186 valence electrons. The molecule has 0 aromatic heterocycles. The van der Waals surface area contributed by atoms with E-state index in [9.17, 15) is 14.4 Å². The number of β-lactam (4-membered cyclic amide) rings is 1. The van der Waals surface area contributed by atoms with Crippen molar-refractivity contribution in [3.8, 4) is 0 Å². The number of nitrogens with one attached hydrogen (secondary N) is 1. The Hall–Kier alpha value is -3.21. The standard InChI is InChI=1S/C26H26N4O4S2/c1-2-20(31)28-29-13-19(36-15-29)18-14-35-25-21(27)24(32)30(25)22(18)26(33)34-23(16-9-5-3-6-10-16)17-11-7-4-8-12-17/h3-13,21,23,25H,2,14-15,27H2,1H3,(H,28,31). The quantitative estimate of drug-likeness (QED) is 0.422. The van der Waals surface area contributed by atoms with Gasteiger partial charge in [0, 0.05) is 28.9 Å². The van der Waals surface area contributed by atoms with Gasteiger partial charge in [0.1, 0.15) is 17.1 Å². The van der Waals surface area contributed by atoms with E-state index in [0.29, 0.717) is 23.6 Å². The lowest BCUT2D eigenvalue weighted by Gasteiger charge is -2.48. The summed E-state index contributed by atoms with van der Waals surface area (Å²) in [6, 6.07) is 18.4. The number of carbonyl (C=O) groups is 3. The lowest BCUT2D eigenvalue weighted by Crippen LogP contribution is -2.68. The molecule has 0 aliphatic carbocycles. The molecule has 0 spiro atoms. The van der Waals surface area contributed by atoms with Crippen molar-refractivity contribution in [2.45, 2.75) is 30.9 Å². The van der Waals surface area contributed by atoms with Gasteiger partial charge in [-0.3, -0.25) is 24.9 Å². The third-order valence-electron chi connectivity index (χ3n) is 6.15. The summed E-state index contributed by atoms with van der Waals surface area (Å²) in [6.07, 6.45) is 1.53. The summed E-state index contributed by atoms with van der Waals surface area (Å²) >= 11 is 3.02.